The number of Topliss-reactive ketones (excluding diaryl/α,β-unsaturated/α-hetero) is 1. The van der Waals surface area contributed by atoms with Gasteiger partial charge in [-0.1, -0.05) is 27.2 Å². The third-order valence-corrected chi connectivity index (χ3v) is 3.60. The lowest BCUT2D eigenvalue weighted by Crippen LogP contribution is -2.39. The fourth-order valence-corrected chi connectivity index (χ4v) is 2.69. The Morgan fingerprint density at radius 3 is 2.33 bits per heavy atom. The van der Waals surface area contributed by atoms with Gasteiger partial charge in [-0.2, -0.15) is 0 Å². The minimum absolute atomic E-state index is 0.133. The molecule has 0 spiro atoms. The van der Waals surface area contributed by atoms with Crippen LogP contribution in [-0.2, 0) is 9.59 Å². The van der Waals surface area contributed by atoms with Crippen molar-refractivity contribution in [3.8, 4) is 0 Å². The number of carbonyl (C=O) groups is 2. The largest absolute Gasteiger partial charge is 0.363 e. The van der Waals surface area contributed by atoms with Gasteiger partial charge in [0.05, 0.1) is 0 Å². The van der Waals surface area contributed by atoms with Crippen molar-refractivity contribution in [2.75, 3.05) is 0 Å². The van der Waals surface area contributed by atoms with Gasteiger partial charge in [0.2, 0.25) is 5.78 Å². The molecule has 1 amide bonds. The third-order valence-electron chi connectivity index (χ3n) is 3.60. The minimum atomic E-state index is -0.764. The van der Waals surface area contributed by atoms with E-state index in [4.69, 9.17) is 5.73 Å². The van der Waals surface area contributed by atoms with Crippen molar-refractivity contribution in [2.24, 2.45) is 29.4 Å². The highest BCUT2D eigenvalue weighted by molar-refractivity contribution is 6.36. The first kappa shape index (κ1) is 12.2. The maximum absolute atomic E-state index is 11.7. The molecule has 1 fully saturated rings. The molecule has 0 bridgehead atoms. The zero-order chi connectivity index (χ0) is 11.6. The molecule has 0 aromatic carbocycles. The van der Waals surface area contributed by atoms with Crippen molar-refractivity contribution in [1.29, 1.82) is 0 Å². The first-order valence-corrected chi connectivity index (χ1v) is 5.77. The molecule has 3 atom stereocenters. The van der Waals surface area contributed by atoms with Crippen LogP contribution in [0.1, 0.15) is 40.0 Å². The second-order valence-electron chi connectivity index (χ2n) is 5.16. The van der Waals surface area contributed by atoms with Crippen molar-refractivity contribution in [1.82, 2.24) is 0 Å². The van der Waals surface area contributed by atoms with E-state index in [9.17, 15) is 9.59 Å². The van der Waals surface area contributed by atoms with Crippen LogP contribution in [0.15, 0.2) is 0 Å². The molecule has 2 N–H and O–H groups in total. The number of amides is 1. The lowest BCUT2D eigenvalue weighted by Gasteiger charge is -2.35. The van der Waals surface area contributed by atoms with Crippen LogP contribution in [0.4, 0.5) is 0 Å². The van der Waals surface area contributed by atoms with Gasteiger partial charge in [-0.25, -0.2) is 0 Å². The first-order valence-electron chi connectivity index (χ1n) is 5.77. The van der Waals surface area contributed by atoms with Gasteiger partial charge in [-0.15, -0.1) is 0 Å². The van der Waals surface area contributed by atoms with Crippen LogP contribution >= 0.6 is 0 Å². The van der Waals surface area contributed by atoms with Crippen LogP contribution in [0.3, 0.4) is 0 Å². The van der Waals surface area contributed by atoms with Crippen LogP contribution in [-0.4, -0.2) is 11.7 Å². The van der Waals surface area contributed by atoms with Crippen molar-refractivity contribution in [3.63, 3.8) is 0 Å². The number of hydrogen-bond donors (Lipinski definition) is 1. The maximum Gasteiger partial charge on any atom is 0.285 e. The van der Waals surface area contributed by atoms with E-state index in [2.05, 4.69) is 20.8 Å². The smallest absolute Gasteiger partial charge is 0.285 e. The molecule has 86 valence electrons. The molecule has 1 rings (SSSR count). The summed E-state index contributed by atoms with van der Waals surface area (Å²) >= 11 is 0. The summed E-state index contributed by atoms with van der Waals surface area (Å²) in [7, 11) is 0. The lowest BCUT2D eigenvalue weighted by atomic mass is 9.68. The highest BCUT2D eigenvalue weighted by atomic mass is 16.2. The summed E-state index contributed by atoms with van der Waals surface area (Å²) in [4.78, 5) is 22.6. The lowest BCUT2D eigenvalue weighted by molar-refractivity contribution is -0.141. The van der Waals surface area contributed by atoms with Crippen LogP contribution in [0, 0.1) is 23.7 Å². The van der Waals surface area contributed by atoms with Gasteiger partial charge in [0.25, 0.3) is 5.91 Å². The van der Waals surface area contributed by atoms with Gasteiger partial charge in [0.1, 0.15) is 0 Å². The van der Waals surface area contributed by atoms with Crippen molar-refractivity contribution >= 4 is 11.7 Å². The molecule has 0 aliphatic heterocycles. The van der Waals surface area contributed by atoms with Crippen molar-refractivity contribution in [2.45, 2.75) is 40.0 Å². The Bertz CT molecular complexity index is 260. The Morgan fingerprint density at radius 2 is 1.87 bits per heavy atom. The quantitative estimate of drug-likeness (QED) is 0.723. The normalized spacial score (nSPS) is 31.6. The summed E-state index contributed by atoms with van der Waals surface area (Å²) < 4.78 is 0. The van der Waals surface area contributed by atoms with Crippen LogP contribution in [0.25, 0.3) is 0 Å². The maximum atomic E-state index is 11.7. The van der Waals surface area contributed by atoms with Gasteiger partial charge in [0, 0.05) is 5.92 Å². The standard InChI is InChI=1S/C12H21NO2/c1-7(2)9-5-4-8(3)6-10(9)11(14)12(13)15/h7-10H,4-6H2,1-3H3,(H2,13,15). The minimum Gasteiger partial charge on any atom is -0.363 e. The Labute approximate surface area is 91.4 Å². The van der Waals surface area contributed by atoms with E-state index in [0.717, 1.165) is 19.3 Å². The summed E-state index contributed by atoms with van der Waals surface area (Å²) in [6.07, 6.45) is 3.03. The summed E-state index contributed by atoms with van der Waals surface area (Å²) in [5, 5.41) is 0. The second-order valence-corrected chi connectivity index (χ2v) is 5.16. The first-order chi connectivity index (χ1) is 6.93. The number of primary amides is 1. The Morgan fingerprint density at radius 1 is 1.27 bits per heavy atom. The molecule has 0 aromatic heterocycles. The van der Waals surface area contributed by atoms with Gasteiger partial charge >= 0.3 is 0 Å². The van der Waals surface area contributed by atoms with E-state index in [1.165, 1.54) is 0 Å². The molecule has 0 heterocycles. The van der Waals surface area contributed by atoms with E-state index in [1.54, 1.807) is 0 Å². The summed E-state index contributed by atoms with van der Waals surface area (Å²) in [6, 6.07) is 0. The predicted molar refractivity (Wildman–Crippen MR) is 59.0 cm³/mol. The number of nitrogens with two attached hydrogens (primary N) is 1. The number of carbonyl (C=O) groups excluding carboxylic acids is 2. The number of hydrogen-bond acceptors (Lipinski definition) is 2. The van der Waals surface area contributed by atoms with E-state index in [-0.39, 0.29) is 11.7 Å². The molecule has 0 radical (unpaired) electrons. The van der Waals surface area contributed by atoms with Gasteiger partial charge in [-0.3, -0.25) is 9.59 Å². The molecule has 0 saturated heterocycles. The SMILES string of the molecule is CC1CCC(C(C)C)C(C(=O)C(N)=O)C1. The fourth-order valence-electron chi connectivity index (χ4n) is 2.69. The van der Waals surface area contributed by atoms with Gasteiger partial charge in [0.15, 0.2) is 0 Å². The average Bonchev–Trinajstić information content (AvgIpc) is 2.15. The zero-order valence-electron chi connectivity index (χ0n) is 9.82. The summed E-state index contributed by atoms with van der Waals surface area (Å²) in [5.41, 5.74) is 5.09. The summed E-state index contributed by atoms with van der Waals surface area (Å²) in [6.45, 7) is 6.36. The average molecular weight is 211 g/mol. The van der Waals surface area contributed by atoms with E-state index in [0.29, 0.717) is 17.8 Å². The Balaban J connectivity index is 2.79. The third kappa shape index (κ3) is 2.80. The van der Waals surface area contributed by atoms with Crippen LogP contribution in [0.5, 0.6) is 0 Å². The predicted octanol–water partition coefficient (Wildman–Crippen LogP) is 1.75. The Hall–Kier alpha value is -0.860. The molecular weight excluding hydrogens is 190 g/mol. The molecular formula is C12H21NO2. The van der Waals surface area contributed by atoms with Crippen LogP contribution in [0.2, 0.25) is 0 Å². The molecule has 3 nitrogen and oxygen atoms in total. The molecule has 3 heteroatoms. The molecule has 3 unspecified atom stereocenters. The molecule has 1 aliphatic rings. The fraction of sp³-hybridized carbons (Fsp3) is 0.833. The number of ketones is 1. The monoisotopic (exact) mass is 211 g/mol. The van der Waals surface area contributed by atoms with Crippen molar-refractivity contribution in [3.05, 3.63) is 0 Å². The highest BCUT2D eigenvalue weighted by Crippen LogP contribution is 2.38. The summed E-state index contributed by atoms with van der Waals surface area (Å²) in [5.74, 6) is 0.0616. The zero-order valence-corrected chi connectivity index (χ0v) is 9.82. The van der Waals surface area contributed by atoms with E-state index >= 15 is 0 Å². The van der Waals surface area contributed by atoms with E-state index < -0.39 is 5.91 Å². The molecule has 0 aromatic rings. The second kappa shape index (κ2) is 4.77. The molecule has 1 aliphatic carbocycles. The number of rotatable bonds is 3. The van der Waals surface area contributed by atoms with E-state index in [1.807, 2.05) is 0 Å². The van der Waals surface area contributed by atoms with Crippen molar-refractivity contribution < 1.29 is 9.59 Å². The molecule has 1 saturated carbocycles. The van der Waals surface area contributed by atoms with Gasteiger partial charge in [-0.05, 0) is 30.6 Å². The molecule has 15 heavy (non-hydrogen) atoms. The Kier molecular flexibility index (Phi) is 3.89. The topological polar surface area (TPSA) is 60.2 Å². The van der Waals surface area contributed by atoms with Gasteiger partial charge < -0.3 is 5.73 Å². The highest BCUT2D eigenvalue weighted by Gasteiger charge is 2.37. The van der Waals surface area contributed by atoms with Crippen LogP contribution < -0.4 is 5.73 Å².